The second-order valence-corrected chi connectivity index (χ2v) is 5.59. The zero-order valence-electron chi connectivity index (χ0n) is 14.9. The SMILES string of the molecule is CCCCOc1ccc(OC)cc1NC(=O)c1ccc(OC(F)(F)F)cc1. The molecule has 2 aromatic carbocycles. The number of unbranched alkanes of at least 4 members (excludes halogenated alkanes) is 1. The lowest BCUT2D eigenvalue weighted by Crippen LogP contribution is -2.17. The summed E-state index contributed by atoms with van der Waals surface area (Å²) in [6, 6.07) is 9.65. The second-order valence-electron chi connectivity index (χ2n) is 5.59. The summed E-state index contributed by atoms with van der Waals surface area (Å²) in [6.45, 7) is 2.53. The predicted octanol–water partition coefficient (Wildman–Crippen LogP) is 5.03. The molecular weight excluding hydrogens is 363 g/mol. The van der Waals surface area contributed by atoms with Crippen LogP contribution in [0.4, 0.5) is 18.9 Å². The van der Waals surface area contributed by atoms with Crippen molar-refractivity contribution in [3.05, 3.63) is 48.0 Å². The van der Waals surface area contributed by atoms with Gasteiger partial charge in [0.2, 0.25) is 0 Å². The largest absolute Gasteiger partial charge is 0.573 e. The molecule has 8 heteroatoms. The Bertz CT molecular complexity index is 761. The van der Waals surface area contributed by atoms with Crippen LogP contribution in [0.1, 0.15) is 30.1 Å². The number of hydrogen-bond acceptors (Lipinski definition) is 4. The van der Waals surface area contributed by atoms with Crippen molar-refractivity contribution in [3.8, 4) is 17.2 Å². The number of carbonyl (C=O) groups is 1. The Hall–Kier alpha value is -2.90. The van der Waals surface area contributed by atoms with Crippen molar-refractivity contribution in [2.45, 2.75) is 26.1 Å². The van der Waals surface area contributed by atoms with Gasteiger partial charge in [-0.15, -0.1) is 13.2 Å². The molecule has 0 aliphatic heterocycles. The summed E-state index contributed by atoms with van der Waals surface area (Å²) in [4.78, 5) is 12.4. The van der Waals surface area contributed by atoms with Crippen LogP contribution in [0.3, 0.4) is 0 Å². The molecule has 0 unspecified atom stereocenters. The molecule has 0 bridgehead atoms. The maximum atomic E-state index is 12.4. The zero-order chi connectivity index (χ0) is 19.9. The van der Waals surface area contributed by atoms with Gasteiger partial charge in [-0.2, -0.15) is 0 Å². The van der Waals surface area contributed by atoms with Crippen LogP contribution in [0.2, 0.25) is 0 Å². The number of amides is 1. The molecule has 0 heterocycles. The molecule has 0 atom stereocenters. The fourth-order valence-corrected chi connectivity index (χ4v) is 2.19. The summed E-state index contributed by atoms with van der Waals surface area (Å²) in [5, 5.41) is 2.69. The third kappa shape index (κ3) is 6.40. The van der Waals surface area contributed by atoms with E-state index in [0.29, 0.717) is 23.8 Å². The fourth-order valence-electron chi connectivity index (χ4n) is 2.19. The number of rotatable bonds is 8. The minimum atomic E-state index is -4.78. The van der Waals surface area contributed by atoms with Crippen LogP contribution >= 0.6 is 0 Å². The number of alkyl halides is 3. The van der Waals surface area contributed by atoms with Gasteiger partial charge in [-0.1, -0.05) is 13.3 Å². The minimum Gasteiger partial charge on any atom is -0.497 e. The molecule has 0 aromatic heterocycles. The van der Waals surface area contributed by atoms with Gasteiger partial charge in [-0.3, -0.25) is 4.79 Å². The Morgan fingerprint density at radius 3 is 2.33 bits per heavy atom. The Morgan fingerprint density at radius 1 is 1.07 bits per heavy atom. The van der Waals surface area contributed by atoms with E-state index in [-0.39, 0.29) is 5.56 Å². The fraction of sp³-hybridized carbons (Fsp3) is 0.316. The van der Waals surface area contributed by atoms with Gasteiger partial charge in [0.05, 0.1) is 19.4 Å². The van der Waals surface area contributed by atoms with E-state index in [0.717, 1.165) is 25.0 Å². The zero-order valence-corrected chi connectivity index (χ0v) is 14.9. The highest BCUT2D eigenvalue weighted by atomic mass is 19.4. The first kappa shape index (κ1) is 20.4. The minimum absolute atomic E-state index is 0.173. The van der Waals surface area contributed by atoms with Crippen molar-refractivity contribution in [1.29, 1.82) is 0 Å². The predicted molar refractivity (Wildman–Crippen MR) is 94.5 cm³/mol. The summed E-state index contributed by atoms with van der Waals surface area (Å²) < 4.78 is 51.2. The van der Waals surface area contributed by atoms with Crippen LogP contribution in [-0.4, -0.2) is 26.0 Å². The van der Waals surface area contributed by atoms with Crippen LogP contribution in [0.5, 0.6) is 17.2 Å². The molecule has 0 aliphatic carbocycles. The molecule has 2 aromatic rings. The number of benzene rings is 2. The van der Waals surface area contributed by atoms with E-state index in [4.69, 9.17) is 9.47 Å². The van der Waals surface area contributed by atoms with Crippen LogP contribution in [0.15, 0.2) is 42.5 Å². The first-order chi connectivity index (χ1) is 12.8. The van der Waals surface area contributed by atoms with Crippen LogP contribution in [-0.2, 0) is 0 Å². The first-order valence-corrected chi connectivity index (χ1v) is 8.30. The topological polar surface area (TPSA) is 56.8 Å². The van der Waals surface area contributed by atoms with Crippen molar-refractivity contribution in [2.75, 3.05) is 19.0 Å². The van der Waals surface area contributed by atoms with Gasteiger partial charge in [0.1, 0.15) is 17.2 Å². The molecule has 0 fully saturated rings. The van der Waals surface area contributed by atoms with Gasteiger partial charge in [0.25, 0.3) is 5.91 Å². The number of halogens is 3. The summed E-state index contributed by atoms with van der Waals surface area (Å²) in [5.41, 5.74) is 0.581. The van der Waals surface area contributed by atoms with Crippen LogP contribution in [0.25, 0.3) is 0 Å². The monoisotopic (exact) mass is 383 g/mol. The van der Waals surface area contributed by atoms with Gasteiger partial charge in [-0.05, 0) is 42.8 Å². The molecule has 0 aliphatic rings. The van der Waals surface area contributed by atoms with Crippen molar-refractivity contribution in [2.24, 2.45) is 0 Å². The molecule has 1 amide bonds. The Morgan fingerprint density at radius 2 is 1.74 bits per heavy atom. The number of nitrogens with one attached hydrogen (secondary N) is 1. The van der Waals surface area contributed by atoms with Crippen molar-refractivity contribution in [3.63, 3.8) is 0 Å². The molecule has 0 spiro atoms. The molecule has 2 rings (SSSR count). The van der Waals surface area contributed by atoms with E-state index in [1.807, 2.05) is 6.92 Å². The summed E-state index contributed by atoms with van der Waals surface area (Å²) >= 11 is 0. The van der Waals surface area contributed by atoms with E-state index < -0.39 is 18.0 Å². The van der Waals surface area contributed by atoms with Gasteiger partial charge in [0, 0.05) is 11.6 Å². The summed E-state index contributed by atoms with van der Waals surface area (Å²) in [7, 11) is 1.50. The van der Waals surface area contributed by atoms with Gasteiger partial charge in [0.15, 0.2) is 0 Å². The Labute approximate surface area is 155 Å². The van der Waals surface area contributed by atoms with E-state index in [1.54, 1.807) is 18.2 Å². The normalized spacial score (nSPS) is 11.0. The maximum absolute atomic E-state index is 12.4. The average molecular weight is 383 g/mol. The summed E-state index contributed by atoms with van der Waals surface area (Å²) in [5.74, 6) is 0.114. The van der Waals surface area contributed by atoms with Crippen LogP contribution in [0, 0.1) is 0 Å². The van der Waals surface area contributed by atoms with Gasteiger partial charge >= 0.3 is 6.36 Å². The molecule has 5 nitrogen and oxygen atoms in total. The van der Waals surface area contributed by atoms with E-state index in [1.165, 1.54) is 19.2 Å². The van der Waals surface area contributed by atoms with E-state index in [2.05, 4.69) is 10.1 Å². The van der Waals surface area contributed by atoms with E-state index >= 15 is 0 Å². The maximum Gasteiger partial charge on any atom is 0.573 e. The highest BCUT2D eigenvalue weighted by molar-refractivity contribution is 6.05. The third-order valence-corrected chi connectivity index (χ3v) is 3.54. The lowest BCUT2D eigenvalue weighted by atomic mass is 10.2. The van der Waals surface area contributed by atoms with Gasteiger partial charge in [-0.25, -0.2) is 0 Å². The average Bonchev–Trinajstić information content (AvgIpc) is 2.62. The van der Waals surface area contributed by atoms with Crippen LogP contribution < -0.4 is 19.5 Å². The lowest BCUT2D eigenvalue weighted by molar-refractivity contribution is -0.274. The Kier molecular flexibility index (Phi) is 6.92. The molecule has 146 valence electrons. The molecule has 0 saturated heterocycles. The van der Waals surface area contributed by atoms with Crippen molar-refractivity contribution >= 4 is 11.6 Å². The van der Waals surface area contributed by atoms with Gasteiger partial charge < -0.3 is 19.5 Å². The molecule has 0 saturated carbocycles. The standard InChI is InChI=1S/C19H20F3NO4/c1-3-4-11-26-17-10-9-15(25-2)12-16(17)23-18(24)13-5-7-14(8-6-13)27-19(20,21)22/h5-10,12H,3-4,11H2,1-2H3,(H,23,24). The molecule has 0 radical (unpaired) electrons. The highest BCUT2D eigenvalue weighted by Crippen LogP contribution is 2.30. The number of hydrogen-bond donors (Lipinski definition) is 1. The lowest BCUT2D eigenvalue weighted by Gasteiger charge is -2.14. The molecule has 27 heavy (non-hydrogen) atoms. The quantitative estimate of drug-likeness (QED) is 0.650. The number of anilines is 1. The first-order valence-electron chi connectivity index (χ1n) is 8.30. The second kappa shape index (κ2) is 9.16. The Balaban J connectivity index is 2.13. The number of methoxy groups -OCH3 is 1. The number of carbonyl (C=O) groups excluding carboxylic acids is 1. The van der Waals surface area contributed by atoms with Crippen molar-refractivity contribution < 1.29 is 32.2 Å². The third-order valence-electron chi connectivity index (χ3n) is 3.54. The summed E-state index contributed by atoms with van der Waals surface area (Å²) in [6.07, 6.45) is -2.96. The highest BCUT2D eigenvalue weighted by Gasteiger charge is 2.31. The smallest absolute Gasteiger partial charge is 0.497 e. The molecular formula is C19H20F3NO4. The number of ether oxygens (including phenoxy) is 3. The molecule has 1 N–H and O–H groups in total. The van der Waals surface area contributed by atoms with E-state index in [9.17, 15) is 18.0 Å². The van der Waals surface area contributed by atoms with Crippen molar-refractivity contribution in [1.82, 2.24) is 0 Å².